The lowest BCUT2D eigenvalue weighted by atomic mass is 10.1. The predicted molar refractivity (Wildman–Crippen MR) is 131 cm³/mol. The fourth-order valence-electron chi connectivity index (χ4n) is 3.15. The van der Waals surface area contributed by atoms with Crippen molar-refractivity contribution in [3.05, 3.63) is 100 Å². The van der Waals surface area contributed by atoms with Crippen LogP contribution in [0.25, 0.3) is 10.9 Å². The van der Waals surface area contributed by atoms with E-state index in [0.717, 1.165) is 16.1 Å². The summed E-state index contributed by atoms with van der Waals surface area (Å²) in [6.07, 6.45) is 2.63. The number of rotatable bonds is 5. The number of aromatic amines is 1. The number of nitrogens with zero attached hydrogens (tertiary/aromatic N) is 2. The number of aryl methyl sites for hydroxylation is 1. The summed E-state index contributed by atoms with van der Waals surface area (Å²) in [5, 5.41) is 9.07. The van der Waals surface area contributed by atoms with E-state index in [4.69, 9.17) is 10.8 Å². The van der Waals surface area contributed by atoms with Gasteiger partial charge in [0.25, 0.3) is 15.9 Å². The number of sulfonamides is 1. The molecule has 4 aromatic rings. The number of H-pyrrole nitrogens is 1. The molecule has 0 unspecified atom stereocenters. The number of fused-ring (bicyclic) bond motifs is 1. The van der Waals surface area contributed by atoms with E-state index in [9.17, 15) is 22.8 Å². The average molecular weight is 495 g/mol. The summed E-state index contributed by atoms with van der Waals surface area (Å²) in [5.74, 6) is -1.87. The Bertz CT molecular complexity index is 1570. The van der Waals surface area contributed by atoms with Crippen molar-refractivity contribution in [2.24, 2.45) is 5.73 Å². The Labute approximate surface area is 200 Å². The zero-order chi connectivity index (χ0) is 25.8. The van der Waals surface area contributed by atoms with Crippen LogP contribution < -0.4 is 15.5 Å². The van der Waals surface area contributed by atoms with E-state index in [1.165, 1.54) is 31.4 Å². The van der Waals surface area contributed by atoms with Crippen LogP contribution in [0.2, 0.25) is 0 Å². The number of carboxylic acid groups (broad SMARTS) is 1. The number of carbonyl (C=O) groups excluding carboxylic acids is 1. The van der Waals surface area contributed by atoms with Crippen LogP contribution in [0.3, 0.4) is 0 Å². The van der Waals surface area contributed by atoms with Crippen molar-refractivity contribution in [3.63, 3.8) is 0 Å². The summed E-state index contributed by atoms with van der Waals surface area (Å²) in [6, 6.07) is 16.0. The molecule has 0 fully saturated rings. The highest BCUT2D eigenvalue weighted by molar-refractivity contribution is 7.92. The molecule has 0 bridgehead atoms. The van der Waals surface area contributed by atoms with Crippen molar-refractivity contribution in [2.75, 3.05) is 11.4 Å². The van der Waals surface area contributed by atoms with Crippen LogP contribution in [0.5, 0.6) is 0 Å². The highest BCUT2D eigenvalue weighted by Gasteiger charge is 2.23. The van der Waals surface area contributed by atoms with Gasteiger partial charge in [-0.05, 0) is 55.0 Å². The molecule has 10 nitrogen and oxygen atoms in total. The zero-order valence-electron chi connectivity index (χ0n) is 18.8. The molecule has 0 radical (unpaired) electrons. The van der Waals surface area contributed by atoms with Gasteiger partial charge in [-0.2, -0.15) is 0 Å². The number of benzene rings is 2. The third-order valence-corrected chi connectivity index (χ3v) is 6.81. The van der Waals surface area contributed by atoms with Gasteiger partial charge in [0.15, 0.2) is 0 Å². The first-order valence-electron chi connectivity index (χ1n) is 10.2. The Kier molecular flexibility index (Phi) is 7.31. The van der Waals surface area contributed by atoms with Crippen molar-refractivity contribution in [1.29, 1.82) is 0 Å². The standard InChI is InChI=1S/C18H16N2O5S.C6H6N2O/c1-11-4-3-5-12(8-11)20(2)26(24,25)13-6-7-16-14(9-13)17(21)15(10-19-16)18(22)23;7-6(9)5-3-1-2-4-8-5/h3-10H,1-2H3,(H,19,21)(H,22,23);1-4H,(H2,7,9). The fraction of sp³-hybridized carbons (Fsp3) is 0.0833. The Morgan fingerprint density at radius 2 is 1.80 bits per heavy atom. The monoisotopic (exact) mass is 494 g/mol. The van der Waals surface area contributed by atoms with Gasteiger partial charge in [-0.3, -0.25) is 18.9 Å². The van der Waals surface area contributed by atoms with E-state index < -0.39 is 32.9 Å². The van der Waals surface area contributed by atoms with Gasteiger partial charge in [-0.1, -0.05) is 18.2 Å². The summed E-state index contributed by atoms with van der Waals surface area (Å²) in [6.45, 7) is 1.85. The number of hydrogen-bond acceptors (Lipinski definition) is 6. The van der Waals surface area contributed by atoms with Crippen molar-refractivity contribution in [3.8, 4) is 0 Å². The first kappa shape index (κ1) is 25.1. The molecule has 2 heterocycles. The van der Waals surface area contributed by atoms with Gasteiger partial charge in [0.05, 0.1) is 10.6 Å². The van der Waals surface area contributed by atoms with Crippen LogP contribution in [0.4, 0.5) is 5.69 Å². The number of carbonyl (C=O) groups is 2. The third-order valence-electron chi connectivity index (χ3n) is 5.02. The first-order valence-corrected chi connectivity index (χ1v) is 11.6. The third kappa shape index (κ3) is 5.53. The Balaban J connectivity index is 0.000000320. The van der Waals surface area contributed by atoms with Gasteiger partial charge in [0.2, 0.25) is 5.43 Å². The number of anilines is 1. The highest BCUT2D eigenvalue weighted by Crippen LogP contribution is 2.24. The van der Waals surface area contributed by atoms with Gasteiger partial charge >= 0.3 is 5.97 Å². The quantitative estimate of drug-likeness (QED) is 0.384. The molecule has 0 aliphatic rings. The second-order valence-electron chi connectivity index (χ2n) is 7.43. The van der Waals surface area contributed by atoms with Gasteiger partial charge in [-0.15, -0.1) is 0 Å². The Morgan fingerprint density at radius 1 is 1.06 bits per heavy atom. The number of pyridine rings is 2. The molecule has 1 amide bonds. The van der Waals surface area contributed by atoms with Crippen molar-refractivity contribution < 1.29 is 23.1 Å². The molecule has 2 aromatic heterocycles. The van der Waals surface area contributed by atoms with E-state index in [2.05, 4.69) is 9.97 Å². The van der Waals surface area contributed by atoms with Crippen LogP contribution in [0.1, 0.15) is 26.4 Å². The molecular weight excluding hydrogens is 472 g/mol. The van der Waals surface area contributed by atoms with Crippen molar-refractivity contribution in [2.45, 2.75) is 11.8 Å². The zero-order valence-corrected chi connectivity index (χ0v) is 19.6. The second-order valence-corrected chi connectivity index (χ2v) is 9.40. The highest BCUT2D eigenvalue weighted by atomic mass is 32.2. The van der Waals surface area contributed by atoms with Gasteiger partial charge < -0.3 is 15.8 Å². The summed E-state index contributed by atoms with van der Waals surface area (Å²) in [4.78, 5) is 40.1. The summed E-state index contributed by atoms with van der Waals surface area (Å²) in [7, 11) is -2.49. The topological polar surface area (TPSA) is 164 Å². The minimum Gasteiger partial charge on any atom is -0.477 e. The van der Waals surface area contributed by atoms with E-state index in [1.54, 1.807) is 36.4 Å². The van der Waals surface area contributed by atoms with Crippen LogP contribution in [0, 0.1) is 6.92 Å². The molecule has 0 aliphatic heterocycles. The molecular formula is C24H22N4O6S. The van der Waals surface area contributed by atoms with E-state index >= 15 is 0 Å². The Morgan fingerprint density at radius 3 is 2.37 bits per heavy atom. The number of nitrogens with two attached hydrogens (primary N) is 1. The molecule has 0 aliphatic carbocycles. The smallest absolute Gasteiger partial charge is 0.341 e. The number of hydrogen-bond donors (Lipinski definition) is 3. The van der Waals surface area contributed by atoms with E-state index in [1.807, 2.05) is 13.0 Å². The van der Waals surface area contributed by atoms with E-state index in [-0.39, 0.29) is 10.3 Å². The lowest BCUT2D eigenvalue weighted by molar-refractivity contribution is 0.0695. The van der Waals surface area contributed by atoms with E-state index in [0.29, 0.717) is 16.9 Å². The fourth-order valence-corrected chi connectivity index (χ4v) is 4.36. The van der Waals surface area contributed by atoms with Crippen LogP contribution >= 0.6 is 0 Å². The van der Waals surface area contributed by atoms with Crippen LogP contribution in [-0.2, 0) is 10.0 Å². The SMILES string of the molecule is Cc1cccc(N(C)S(=O)(=O)c2ccc3[nH]cc(C(=O)O)c(=O)c3c2)c1.NC(=O)c1ccccn1. The molecule has 0 spiro atoms. The maximum Gasteiger partial charge on any atom is 0.341 e. The normalized spacial score (nSPS) is 10.8. The number of carboxylic acids is 1. The molecule has 35 heavy (non-hydrogen) atoms. The minimum absolute atomic E-state index is 0.00335. The van der Waals surface area contributed by atoms with Crippen molar-refractivity contribution >= 4 is 38.5 Å². The van der Waals surface area contributed by atoms with Crippen molar-refractivity contribution in [1.82, 2.24) is 9.97 Å². The summed E-state index contributed by atoms with van der Waals surface area (Å²) < 4.78 is 27.0. The lowest BCUT2D eigenvalue weighted by Gasteiger charge is -2.20. The van der Waals surface area contributed by atoms with Gasteiger partial charge in [0, 0.05) is 30.3 Å². The van der Waals surface area contributed by atoms with Gasteiger partial charge in [0.1, 0.15) is 11.3 Å². The van der Waals surface area contributed by atoms with Gasteiger partial charge in [-0.25, -0.2) is 13.2 Å². The molecule has 0 saturated heterocycles. The number of primary amides is 1. The molecule has 4 N–H and O–H groups in total. The molecule has 180 valence electrons. The number of nitrogens with one attached hydrogen (secondary N) is 1. The largest absolute Gasteiger partial charge is 0.477 e. The summed E-state index contributed by atoms with van der Waals surface area (Å²) >= 11 is 0. The van der Waals surface area contributed by atoms with Crippen LogP contribution in [-0.4, -0.2) is 42.4 Å². The molecule has 2 aromatic carbocycles. The Hall–Kier alpha value is -4.51. The summed E-state index contributed by atoms with van der Waals surface area (Å²) in [5.41, 5.74) is 5.79. The number of aromatic carboxylic acids is 1. The van der Waals surface area contributed by atoms with Crippen LogP contribution in [0.15, 0.2) is 82.7 Å². The maximum atomic E-state index is 12.9. The average Bonchev–Trinajstić information content (AvgIpc) is 2.84. The molecule has 0 atom stereocenters. The molecule has 0 saturated carbocycles. The second kappa shape index (κ2) is 10.2. The predicted octanol–water partition coefficient (Wildman–Crippen LogP) is 2.54. The molecule has 4 rings (SSSR count). The maximum absolute atomic E-state index is 12.9. The minimum atomic E-state index is -3.92. The lowest BCUT2D eigenvalue weighted by Crippen LogP contribution is -2.26. The number of aromatic nitrogens is 2. The molecule has 11 heteroatoms. The first-order chi connectivity index (χ1) is 16.5. The number of amides is 1.